The third-order valence-corrected chi connectivity index (χ3v) is 4.13. The second-order valence-electron chi connectivity index (χ2n) is 6.98. The summed E-state index contributed by atoms with van der Waals surface area (Å²) in [6.07, 6.45) is 8.67. The van der Waals surface area contributed by atoms with Crippen molar-refractivity contribution in [3.8, 4) is 0 Å². The fourth-order valence-electron chi connectivity index (χ4n) is 2.58. The minimum atomic E-state index is -1.50. The largest absolute Gasteiger partial charge is 0.261 e. The minimum Gasteiger partial charge on any atom is -0.261 e. The summed E-state index contributed by atoms with van der Waals surface area (Å²) in [6.45, 7) is 17.5. The second kappa shape index (κ2) is 9.71. The van der Waals surface area contributed by atoms with Gasteiger partial charge in [0.1, 0.15) is 11.3 Å². The van der Waals surface area contributed by atoms with Gasteiger partial charge in [-0.3, -0.25) is 4.99 Å². The van der Waals surface area contributed by atoms with Gasteiger partial charge in [0.15, 0.2) is 0 Å². The first-order chi connectivity index (χ1) is 11.0. The SMILES string of the molecule is C=C/N=C(CC(CC)C(C)(C)F)/C(=C/CC)/C=C(\C=C)C(C)(C)F. The molecule has 0 saturated heterocycles. The highest BCUT2D eigenvalue weighted by atomic mass is 19.1. The van der Waals surface area contributed by atoms with E-state index in [4.69, 9.17) is 0 Å². The molecule has 24 heavy (non-hydrogen) atoms. The van der Waals surface area contributed by atoms with Crippen molar-refractivity contribution in [1.29, 1.82) is 0 Å². The lowest BCUT2D eigenvalue weighted by molar-refractivity contribution is 0.125. The van der Waals surface area contributed by atoms with Gasteiger partial charge in [0, 0.05) is 11.9 Å². The fourth-order valence-corrected chi connectivity index (χ4v) is 2.58. The standard InChI is InChI=1S/C21H33F2N/c1-9-13-16(14-17(10-2)20(5,6)22)19(24-12-4)15-18(11-3)21(7,8)23/h10,12-14,18H,2,4,9,11,15H2,1,3,5-8H3/b16-13+,17-14+,24-19+. The van der Waals surface area contributed by atoms with E-state index in [0.29, 0.717) is 18.4 Å². The Labute approximate surface area is 147 Å². The average molecular weight is 337 g/mol. The van der Waals surface area contributed by atoms with Gasteiger partial charge in [-0.25, -0.2) is 8.78 Å². The molecule has 1 unspecified atom stereocenters. The highest BCUT2D eigenvalue weighted by Gasteiger charge is 2.29. The van der Waals surface area contributed by atoms with E-state index >= 15 is 0 Å². The van der Waals surface area contributed by atoms with Gasteiger partial charge >= 0.3 is 0 Å². The number of halogens is 2. The molecule has 0 aliphatic carbocycles. The zero-order chi connectivity index (χ0) is 19.0. The maximum absolute atomic E-state index is 14.4. The predicted molar refractivity (Wildman–Crippen MR) is 103 cm³/mol. The summed E-state index contributed by atoms with van der Waals surface area (Å²) >= 11 is 0. The zero-order valence-corrected chi connectivity index (χ0v) is 16.1. The first-order valence-electron chi connectivity index (χ1n) is 8.61. The van der Waals surface area contributed by atoms with E-state index in [1.165, 1.54) is 26.1 Å². The van der Waals surface area contributed by atoms with Gasteiger partial charge in [0.25, 0.3) is 0 Å². The first-order valence-corrected chi connectivity index (χ1v) is 8.61. The maximum Gasteiger partial charge on any atom is 0.130 e. The Morgan fingerprint density at radius 3 is 2.04 bits per heavy atom. The highest BCUT2D eigenvalue weighted by Crippen LogP contribution is 2.30. The first kappa shape index (κ1) is 22.5. The third-order valence-electron chi connectivity index (χ3n) is 4.13. The van der Waals surface area contributed by atoms with Crippen LogP contribution in [0.3, 0.4) is 0 Å². The Morgan fingerprint density at radius 2 is 1.71 bits per heavy atom. The number of hydrogen-bond donors (Lipinski definition) is 0. The summed E-state index contributed by atoms with van der Waals surface area (Å²) in [6, 6.07) is 0. The number of alkyl halides is 2. The number of rotatable bonds is 10. The van der Waals surface area contributed by atoms with Gasteiger partial charge in [0.2, 0.25) is 0 Å². The molecule has 3 heteroatoms. The van der Waals surface area contributed by atoms with Crippen LogP contribution in [0.5, 0.6) is 0 Å². The lowest BCUT2D eigenvalue weighted by atomic mass is 9.83. The van der Waals surface area contributed by atoms with E-state index in [-0.39, 0.29) is 5.92 Å². The van der Waals surface area contributed by atoms with E-state index in [2.05, 4.69) is 18.2 Å². The van der Waals surface area contributed by atoms with E-state index in [1.54, 1.807) is 19.9 Å². The summed E-state index contributed by atoms with van der Waals surface area (Å²) in [5.41, 5.74) is -0.796. The zero-order valence-electron chi connectivity index (χ0n) is 16.1. The van der Waals surface area contributed by atoms with Crippen LogP contribution in [0.1, 0.15) is 60.8 Å². The molecule has 0 heterocycles. The molecule has 0 amide bonds. The summed E-state index contributed by atoms with van der Waals surface area (Å²) in [5, 5.41) is 0. The quantitative estimate of drug-likeness (QED) is 0.303. The van der Waals surface area contributed by atoms with Crippen LogP contribution >= 0.6 is 0 Å². The van der Waals surface area contributed by atoms with Crippen molar-refractivity contribution in [2.24, 2.45) is 10.9 Å². The normalized spacial score (nSPS) is 16.1. The van der Waals surface area contributed by atoms with Gasteiger partial charge in [-0.1, -0.05) is 39.2 Å². The van der Waals surface area contributed by atoms with E-state index in [1.807, 2.05) is 19.9 Å². The summed E-state index contributed by atoms with van der Waals surface area (Å²) in [5.74, 6) is -0.171. The monoisotopic (exact) mass is 337 g/mol. The summed E-state index contributed by atoms with van der Waals surface area (Å²) < 4.78 is 28.8. The molecule has 0 aromatic rings. The maximum atomic E-state index is 14.4. The molecule has 0 aromatic carbocycles. The Morgan fingerprint density at radius 1 is 1.12 bits per heavy atom. The van der Waals surface area contributed by atoms with Crippen molar-refractivity contribution in [2.45, 2.75) is 72.1 Å². The molecule has 0 rings (SSSR count). The van der Waals surface area contributed by atoms with Crippen LogP contribution in [0.4, 0.5) is 8.78 Å². The average Bonchev–Trinajstić information content (AvgIpc) is 2.45. The van der Waals surface area contributed by atoms with Gasteiger partial charge in [-0.15, -0.1) is 0 Å². The molecular weight excluding hydrogens is 304 g/mol. The Bertz CT molecular complexity index is 511. The molecule has 0 aliphatic rings. The fraction of sp³-hybridized carbons (Fsp3) is 0.571. The van der Waals surface area contributed by atoms with Crippen molar-refractivity contribution in [3.63, 3.8) is 0 Å². The summed E-state index contributed by atoms with van der Waals surface area (Å²) in [7, 11) is 0. The van der Waals surface area contributed by atoms with E-state index in [9.17, 15) is 8.78 Å². The van der Waals surface area contributed by atoms with E-state index < -0.39 is 11.3 Å². The highest BCUT2D eigenvalue weighted by molar-refractivity contribution is 6.03. The molecule has 136 valence electrons. The molecule has 0 bridgehead atoms. The molecule has 0 N–H and O–H groups in total. The second-order valence-corrected chi connectivity index (χ2v) is 6.98. The Balaban J connectivity index is 5.93. The molecule has 0 radical (unpaired) electrons. The van der Waals surface area contributed by atoms with Crippen molar-refractivity contribution < 1.29 is 8.78 Å². The molecule has 0 aliphatic heterocycles. The van der Waals surface area contributed by atoms with Crippen molar-refractivity contribution in [3.05, 3.63) is 48.7 Å². The number of allylic oxidation sites excluding steroid dienone is 5. The molecule has 0 saturated carbocycles. The van der Waals surface area contributed by atoms with Crippen LogP contribution in [-0.2, 0) is 0 Å². The lowest BCUT2D eigenvalue weighted by Crippen LogP contribution is -2.28. The molecule has 0 fully saturated rings. The van der Waals surface area contributed by atoms with Crippen LogP contribution in [0.2, 0.25) is 0 Å². The topological polar surface area (TPSA) is 12.4 Å². The number of nitrogens with zero attached hydrogens (tertiary/aromatic N) is 1. The molecule has 0 spiro atoms. The molecule has 1 atom stereocenters. The number of aliphatic imine (C=N–C) groups is 1. The van der Waals surface area contributed by atoms with Crippen molar-refractivity contribution in [2.75, 3.05) is 0 Å². The van der Waals surface area contributed by atoms with Gasteiger partial charge in [-0.2, -0.15) is 0 Å². The molecular formula is C21H33F2N. The summed E-state index contributed by atoms with van der Waals surface area (Å²) in [4.78, 5) is 4.36. The third kappa shape index (κ3) is 7.37. The van der Waals surface area contributed by atoms with Crippen LogP contribution in [0.25, 0.3) is 0 Å². The van der Waals surface area contributed by atoms with Crippen LogP contribution < -0.4 is 0 Å². The lowest BCUT2D eigenvalue weighted by Gasteiger charge is -2.27. The molecule has 0 aromatic heterocycles. The predicted octanol–water partition coefficient (Wildman–Crippen LogP) is 6.93. The van der Waals surface area contributed by atoms with Gasteiger partial charge in [0.05, 0.1) is 0 Å². The Hall–Kier alpha value is -1.51. The van der Waals surface area contributed by atoms with Crippen molar-refractivity contribution in [1.82, 2.24) is 0 Å². The smallest absolute Gasteiger partial charge is 0.130 e. The van der Waals surface area contributed by atoms with Crippen LogP contribution in [0, 0.1) is 5.92 Å². The van der Waals surface area contributed by atoms with Crippen molar-refractivity contribution >= 4 is 5.71 Å². The van der Waals surface area contributed by atoms with Crippen LogP contribution in [-0.4, -0.2) is 17.0 Å². The van der Waals surface area contributed by atoms with Gasteiger partial charge < -0.3 is 0 Å². The Kier molecular flexibility index (Phi) is 9.09. The molecule has 1 nitrogen and oxygen atoms in total. The van der Waals surface area contributed by atoms with Crippen LogP contribution in [0.15, 0.2) is 53.7 Å². The van der Waals surface area contributed by atoms with E-state index in [0.717, 1.165) is 17.7 Å². The minimum absolute atomic E-state index is 0.171. The van der Waals surface area contributed by atoms with Gasteiger partial charge in [-0.05, 0) is 70.1 Å². The number of hydrogen-bond acceptors (Lipinski definition) is 1.